The lowest BCUT2D eigenvalue weighted by molar-refractivity contribution is -0.133. The van der Waals surface area contributed by atoms with E-state index in [1.807, 2.05) is 23.9 Å². The van der Waals surface area contributed by atoms with Gasteiger partial charge in [0.1, 0.15) is 6.17 Å². The number of nitrogens with zero attached hydrogens (tertiary/aromatic N) is 4. The number of hydrazine groups is 1. The molecule has 180 valence electrons. The van der Waals surface area contributed by atoms with E-state index in [0.717, 1.165) is 39.0 Å². The van der Waals surface area contributed by atoms with Crippen LogP contribution in [0.1, 0.15) is 12.8 Å². The van der Waals surface area contributed by atoms with Crippen molar-refractivity contribution in [3.05, 3.63) is 0 Å². The molecule has 5 heterocycles. The summed E-state index contributed by atoms with van der Waals surface area (Å²) in [6.45, 7) is 4.72. The van der Waals surface area contributed by atoms with Crippen LogP contribution in [0.25, 0.3) is 0 Å². The Balaban J connectivity index is 1.27. The van der Waals surface area contributed by atoms with Crippen molar-refractivity contribution in [1.82, 2.24) is 35.8 Å². The van der Waals surface area contributed by atoms with Gasteiger partial charge in [-0.2, -0.15) is 0 Å². The summed E-state index contributed by atoms with van der Waals surface area (Å²) in [5.74, 6) is 0.209. The van der Waals surface area contributed by atoms with E-state index in [-0.39, 0.29) is 42.5 Å². The molecule has 6 unspecified atom stereocenters. The molecule has 0 spiro atoms. The molecule has 5 aliphatic heterocycles. The lowest BCUT2D eigenvalue weighted by Crippen LogP contribution is -2.64. The predicted octanol–water partition coefficient (Wildman–Crippen LogP) is -2.43. The number of halogens is 1. The monoisotopic (exact) mass is 452 g/mol. The van der Waals surface area contributed by atoms with Crippen molar-refractivity contribution in [2.45, 2.75) is 43.4 Å². The Kier molecular flexibility index (Phi) is 6.14. The summed E-state index contributed by atoms with van der Waals surface area (Å²) >= 11 is 0. The molecule has 0 aromatic carbocycles. The van der Waals surface area contributed by atoms with Crippen LogP contribution >= 0.6 is 0 Å². The van der Waals surface area contributed by atoms with Gasteiger partial charge in [-0.1, -0.05) is 0 Å². The third-order valence-electron chi connectivity index (χ3n) is 8.21. The number of carbonyl (C=O) groups excluding carboxylic acids is 2. The molecule has 5 saturated heterocycles. The molecule has 0 radical (unpaired) electrons. The summed E-state index contributed by atoms with van der Waals surface area (Å²) in [7, 11) is 3.74. The molecule has 5 N–H and O–H groups in total. The second kappa shape index (κ2) is 8.77. The number of likely N-dealkylation sites (tertiary alicyclic amines) is 2. The van der Waals surface area contributed by atoms with Gasteiger partial charge >= 0.3 is 0 Å². The maximum Gasteiger partial charge on any atom is 0.229 e. The van der Waals surface area contributed by atoms with E-state index in [1.165, 1.54) is 0 Å². The summed E-state index contributed by atoms with van der Waals surface area (Å²) in [5, 5.41) is 8.46. The maximum atomic E-state index is 14.0. The lowest BCUT2D eigenvalue weighted by Gasteiger charge is -2.45. The molecule has 8 atom stereocenters. The molecule has 0 aromatic heterocycles. The van der Waals surface area contributed by atoms with Crippen LogP contribution in [0.4, 0.5) is 4.39 Å². The first kappa shape index (κ1) is 22.4. The number of hydrogen-bond acceptors (Lipinski definition) is 8. The van der Waals surface area contributed by atoms with Gasteiger partial charge < -0.3 is 21.3 Å². The molecule has 0 bridgehead atoms. The number of alkyl halides is 1. The number of nitrogens with two attached hydrogens (primary N) is 1. The topological polar surface area (TPSA) is 109 Å². The largest absolute Gasteiger partial charge is 0.350 e. The van der Waals surface area contributed by atoms with Gasteiger partial charge in [0.2, 0.25) is 11.8 Å². The highest BCUT2D eigenvalue weighted by atomic mass is 19.1. The van der Waals surface area contributed by atoms with Gasteiger partial charge in [0, 0.05) is 45.8 Å². The first-order chi connectivity index (χ1) is 15.3. The molecule has 0 aliphatic carbocycles. The van der Waals surface area contributed by atoms with Crippen LogP contribution in [-0.4, -0.2) is 122 Å². The standard InChI is InChI=1S/C21H37FN8O2/c1-27-9-13(22)10-30-20(27)17(18(23)26-30)19(31)25-15-7-24-5-3-16(15)29-6-4-12-8-28(2)21(32)14(12)11-29/h12-18,20,24,26H,3-11,23H2,1-2H3,(H,25,31)/t12-,13?,14-,15?,16?,17?,18?,20?/m0/s1. The van der Waals surface area contributed by atoms with Crippen LogP contribution in [0.3, 0.4) is 0 Å². The zero-order valence-corrected chi connectivity index (χ0v) is 19.0. The normalized spacial score (nSPS) is 43.9. The Bertz CT molecular complexity index is 743. The summed E-state index contributed by atoms with van der Waals surface area (Å²) < 4.78 is 14.0. The number of nitrogens with one attached hydrogen (secondary N) is 3. The number of hydrogen-bond donors (Lipinski definition) is 4. The zero-order valence-electron chi connectivity index (χ0n) is 19.0. The van der Waals surface area contributed by atoms with Gasteiger partial charge in [0.25, 0.3) is 0 Å². The molecule has 5 fully saturated rings. The van der Waals surface area contributed by atoms with E-state index in [9.17, 15) is 14.0 Å². The summed E-state index contributed by atoms with van der Waals surface area (Å²) in [6.07, 6.45) is 0.180. The molecule has 32 heavy (non-hydrogen) atoms. The van der Waals surface area contributed by atoms with E-state index < -0.39 is 18.3 Å². The van der Waals surface area contributed by atoms with Gasteiger partial charge in [0.05, 0.1) is 30.2 Å². The zero-order chi connectivity index (χ0) is 22.6. The highest BCUT2D eigenvalue weighted by Crippen LogP contribution is 2.33. The molecule has 2 amide bonds. The van der Waals surface area contributed by atoms with Gasteiger partial charge in [-0.3, -0.25) is 19.4 Å². The first-order valence-electron chi connectivity index (χ1n) is 12.0. The Labute approximate surface area is 188 Å². The van der Waals surface area contributed by atoms with Crippen molar-refractivity contribution in [2.24, 2.45) is 23.5 Å². The fraction of sp³-hybridized carbons (Fsp3) is 0.905. The van der Waals surface area contributed by atoms with Crippen LogP contribution in [0.2, 0.25) is 0 Å². The molecule has 0 aromatic rings. The van der Waals surface area contributed by atoms with E-state index in [2.05, 4.69) is 21.0 Å². The lowest BCUT2D eigenvalue weighted by atomic mass is 9.85. The van der Waals surface area contributed by atoms with Crippen molar-refractivity contribution >= 4 is 11.8 Å². The van der Waals surface area contributed by atoms with Crippen LogP contribution in [0.5, 0.6) is 0 Å². The second-order valence-corrected chi connectivity index (χ2v) is 10.3. The Hall–Kier alpha value is -1.37. The van der Waals surface area contributed by atoms with Crippen molar-refractivity contribution in [2.75, 3.05) is 59.9 Å². The van der Waals surface area contributed by atoms with Crippen molar-refractivity contribution < 1.29 is 14.0 Å². The van der Waals surface area contributed by atoms with E-state index >= 15 is 0 Å². The van der Waals surface area contributed by atoms with Crippen LogP contribution in [-0.2, 0) is 9.59 Å². The summed E-state index contributed by atoms with van der Waals surface area (Å²) in [4.78, 5) is 32.2. The molecule has 10 nitrogen and oxygen atoms in total. The average Bonchev–Trinajstić information content (AvgIpc) is 3.23. The highest BCUT2D eigenvalue weighted by Gasteiger charge is 2.50. The molecule has 5 rings (SSSR count). The van der Waals surface area contributed by atoms with Crippen LogP contribution in [0, 0.1) is 17.8 Å². The Morgan fingerprint density at radius 3 is 2.81 bits per heavy atom. The molecule has 0 saturated carbocycles. The fourth-order valence-corrected chi connectivity index (χ4v) is 6.65. The van der Waals surface area contributed by atoms with Crippen molar-refractivity contribution in [3.8, 4) is 0 Å². The first-order valence-corrected chi connectivity index (χ1v) is 12.0. The maximum absolute atomic E-state index is 14.0. The number of fused-ring (bicyclic) bond motifs is 2. The number of amides is 2. The predicted molar refractivity (Wildman–Crippen MR) is 117 cm³/mol. The summed E-state index contributed by atoms with van der Waals surface area (Å²) in [6, 6.07) is 0.145. The highest BCUT2D eigenvalue weighted by molar-refractivity contribution is 5.82. The van der Waals surface area contributed by atoms with E-state index in [1.54, 1.807) is 5.01 Å². The third kappa shape index (κ3) is 3.92. The third-order valence-corrected chi connectivity index (χ3v) is 8.21. The number of piperidine rings is 2. The quantitative estimate of drug-likeness (QED) is 0.375. The second-order valence-electron chi connectivity index (χ2n) is 10.3. The Morgan fingerprint density at radius 2 is 2.00 bits per heavy atom. The number of rotatable bonds is 3. The SMILES string of the molecule is CN1C[C@@H]2CCN(C3CCNCC3NC(=O)C3C(N)NN4CC(F)CN(C)C34)C[C@@H]2C1=O. The average molecular weight is 453 g/mol. The molecular weight excluding hydrogens is 415 g/mol. The van der Waals surface area contributed by atoms with Gasteiger partial charge in [-0.15, -0.1) is 0 Å². The van der Waals surface area contributed by atoms with E-state index in [0.29, 0.717) is 19.0 Å². The summed E-state index contributed by atoms with van der Waals surface area (Å²) in [5.41, 5.74) is 9.38. The fourth-order valence-electron chi connectivity index (χ4n) is 6.65. The van der Waals surface area contributed by atoms with Gasteiger partial charge in [-0.05, 0) is 38.9 Å². The minimum Gasteiger partial charge on any atom is -0.350 e. The Morgan fingerprint density at radius 1 is 1.19 bits per heavy atom. The molecular formula is C21H37FN8O2. The number of carbonyl (C=O) groups is 2. The van der Waals surface area contributed by atoms with Crippen LogP contribution in [0.15, 0.2) is 0 Å². The smallest absolute Gasteiger partial charge is 0.229 e. The molecule has 5 aliphatic rings. The minimum absolute atomic E-state index is 0.0499. The van der Waals surface area contributed by atoms with Crippen LogP contribution < -0.4 is 21.8 Å². The van der Waals surface area contributed by atoms with Gasteiger partial charge in [0.15, 0.2) is 0 Å². The van der Waals surface area contributed by atoms with E-state index in [4.69, 9.17) is 5.73 Å². The minimum atomic E-state index is -0.968. The van der Waals surface area contributed by atoms with Crippen molar-refractivity contribution in [1.29, 1.82) is 0 Å². The van der Waals surface area contributed by atoms with Crippen molar-refractivity contribution in [3.63, 3.8) is 0 Å². The molecule has 11 heteroatoms. The van der Waals surface area contributed by atoms with Gasteiger partial charge in [-0.25, -0.2) is 14.8 Å².